The van der Waals surface area contributed by atoms with E-state index in [-0.39, 0.29) is 18.4 Å². The Morgan fingerprint density at radius 3 is 2.70 bits per heavy atom. The van der Waals surface area contributed by atoms with Crippen molar-refractivity contribution in [1.82, 2.24) is 9.80 Å². The van der Waals surface area contributed by atoms with Gasteiger partial charge in [0.05, 0.1) is 13.2 Å². The third-order valence-electron chi connectivity index (χ3n) is 4.06. The zero-order valence-corrected chi connectivity index (χ0v) is 14.1. The van der Waals surface area contributed by atoms with Crippen LogP contribution >= 0.6 is 0 Å². The molecule has 0 radical (unpaired) electrons. The van der Waals surface area contributed by atoms with Gasteiger partial charge in [0.15, 0.2) is 0 Å². The molecule has 0 saturated carbocycles. The number of methoxy groups -OCH3 is 1. The number of anilines is 1. The quantitative estimate of drug-likeness (QED) is 0.776. The number of ether oxygens (including phenoxy) is 1. The smallest absolute Gasteiger partial charge is 0.246 e. The number of likely N-dealkylation sites (N-methyl/N-ethyl adjacent to an activating group) is 1. The zero-order valence-electron chi connectivity index (χ0n) is 14.1. The molecule has 2 amide bonds. The van der Waals surface area contributed by atoms with Gasteiger partial charge in [0.1, 0.15) is 6.54 Å². The fourth-order valence-corrected chi connectivity index (χ4v) is 2.66. The lowest BCUT2D eigenvalue weighted by atomic mass is 10.1. The van der Waals surface area contributed by atoms with Crippen molar-refractivity contribution in [2.45, 2.75) is 6.92 Å². The Kier molecular flexibility index (Phi) is 6.12. The molecule has 1 aromatic carbocycles. The molecule has 1 fully saturated rings. The monoisotopic (exact) mass is 319 g/mol. The van der Waals surface area contributed by atoms with Gasteiger partial charge in [0.2, 0.25) is 11.8 Å². The van der Waals surface area contributed by atoms with Crippen molar-refractivity contribution in [2.75, 3.05) is 58.4 Å². The van der Waals surface area contributed by atoms with Gasteiger partial charge in [-0.05, 0) is 25.6 Å². The molecule has 0 N–H and O–H groups in total. The Morgan fingerprint density at radius 2 is 2.04 bits per heavy atom. The number of rotatable bonds is 6. The average molecular weight is 319 g/mol. The van der Waals surface area contributed by atoms with Crippen LogP contribution in [0.5, 0.6) is 0 Å². The lowest BCUT2D eigenvalue weighted by molar-refractivity contribution is -0.137. The Bertz CT molecular complexity index is 562. The van der Waals surface area contributed by atoms with Crippen molar-refractivity contribution < 1.29 is 14.3 Å². The number of aryl methyl sites for hydroxylation is 1. The van der Waals surface area contributed by atoms with Crippen LogP contribution in [0.2, 0.25) is 0 Å². The van der Waals surface area contributed by atoms with E-state index in [1.165, 1.54) is 0 Å². The molecule has 126 valence electrons. The maximum absolute atomic E-state index is 12.4. The van der Waals surface area contributed by atoms with Crippen molar-refractivity contribution in [3.63, 3.8) is 0 Å². The first kappa shape index (κ1) is 17.4. The molecule has 1 saturated heterocycles. The second-order valence-electron chi connectivity index (χ2n) is 5.88. The Morgan fingerprint density at radius 1 is 1.30 bits per heavy atom. The van der Waals surface area contributed by atoms with Crippen molar-refractivity contribution in [1.29, 1.82) is 0 Å². The van der Waals surface area contributed by atoms with Gasteiger partial charge in [-0.25, -0.2) is 0 Å². The molecule has 0 aromatic heterocycles. The summed E-state index contributed by atoms with van der Waals surface area (Å²) < 4.78 is 5.00. The van der Waals surface area contributed by atoms with Crippen LogP contribution < -0.4 is 4.90 Å². The van der Waals surface area contributed by atoms with Crippen LogP contribution in [-0.4, -0.2) is 75.1 Å². The van der Waals surface area contributed by atoms with E-state index in [9.17, 15) is 9.59 Å². The lowest BCUT2D eigenvalue weighted by Gasteiger charge is -2.35. The molecular weight excluding hydrogens is 294 g/mol. The van der Waals surface area contributed by atoms with E-state index < -0.39 is 0 Å². The number of carbonyl (C=O) groups is 2. The first-order valence-corrected chi connectivity index (χ1v) is 7.84. The van der Waals surface area contributed by atoms with Crippen LogP contribution in [0.4, 0.5) is 5.69 Å². The summed E-state index contributed by atoms with van der Waals surface area (Å²) in [5.41, 5.74) is 2.00. The number of benzene rings is 1. The van der Waals surface area contributed by atoms with E-state index >= 15 is 0 Å². The SMILES string of the molecule is COCCN(C)CC(=O)N1CCN(c2ccccc2C)C(=O)C1. The van der Waals surface area contributed by atoms with Gasteiger partial charge < -0.3 is 14.5 Å². The van der Waals surface area contributed by atoms with Crippen molar-refractivity contribution in [3.05, 3.63) is 29.8 Å². The highest BCUT2D eigenvalue weighted by Crippen LogP contribution is 2.21. The van der Waals surface area contributed by atoms with Crippen LogP contribution in [0, 0.1) is 6.92 Å². The predicted molar refractivity (Wildman–Crippen MR) is 89.5 cm³/mol. The van der Waals surface area contributed by atoms with Gasteiger partial charge in [-0.1, -0.05) is 18.2 Å². The highest BCUT2D eigenvalue weighted by Gasteiger charge is 2.28. The van der Waals surface area contributed by atoms with Crippen LogP contribution in [-0.2, 0) is 14.3 Å². The third-order valence-corrected chi connectivity index (χ3v) is 4.06. The molecular formula is C17H25N3O3. The van der Waals surface area contributed by atoms with Gasteiger partial charge in [0, 0.05) is 32.4 Å². The summed E-state index contributed by atoms with van der Waals surface area (Å²) in [6.07, 6.45) is 0. The molecule has 0 aliphatic carbocycles. The van der Waals surface area contributed by atoms with Crippen LogP contribution in [0.3, 0.4) is 0 Å². The van der Waals surface area contributed by atoms with Gasteiger partial charge in [-0.2, -0.15) is 0 Å². The summed E-state index contributed by atoms with van der Waals surface area (Å²) in [6.45, 7) is 4.83. The normalized spacial score (nSPS) is 15.4. The molecule has 2 rings (SSSR count). The highest BCUT2D eigenvalue weighted by molar-refractivity contribution is 5.98. The zero-order chi connectivity index (χ0) is 16.8. The maximum Gasteiger partial charge on any atom is 0.246 e. The summed E-state index contributed by atoms with van der Waals surface area (Å²) in [7, 11) is 3.52. The summed E-state index contributed by atoms with van der Waals surface area (Å²) in [4.78, 5) is 30.0. The maximum atomic E-state index is 12.4. The molecule has 0 spiro atoms. The Hall–Kier alpha value is -1.92. The average Bonchev–Trinajstić information content (AvgIpc) is 2.53. The summed E-state index contributed by atoms with van der Waals surface area (Å²) in [5.74, 6) is -0.0418. The standard InChI is InChI=1S/C17H25N3O3/c1-14-6-4-5-7-15(14)20-9-8-19(13-17(20)22)16(21)12-18(2)10-11-23-3/h4-7H,8-13H2,1-3H3. The van der Waals surface area contributed by atoms with Crippen molar-refractivity contribution in [3.8, 4) is 0 Å². The van der Waals surface area contributed by atoms with E-state index in [4.69, 9.17) is 4.74 Å². The van der Waals surface area contributed by atoms with Crippen molar-refractivity contribution >= 4 is 17.5 Å². The fourth-order valence-electron chi connectivity index (χ4n) is 2.66. The topological polar surface area (TPSA) is 53.1 Å². The minimum Gasteiger partial charge on any atom is -0.383 e. The molecule has 0 unspecified atom stereocenters. The third kappa shape index (κ3) is 4.53. The van der Waals surface area contributed by atoms with Gasteiger partial charge >= 0.3 is 0 Å². The van der Waals surface area contributed by atoms with Gasteiger partial charge in [0.25, 0.3) is 0 Å². The molecule has 1 heterocycles. The Labute approximate surface area is 137 Å². The molecule has 1 aliphatic heterocycles. The number of carbonyl (C=O) groups excluding carboxylic acids is 2. The number of para-hydroxylation sites is 1. The largest absolute Gasteiger partial charge is 0.383 e. The van der Waals surface area contributed by atoms with Crippen molar-refractivity contribution in [2.24, 2.45) is 0 Å². The molecule has 6 heteroatoms. The van der Waals surface area contributed by atoms with Crippen LogP contribution in [0.15, 0.2) is 24.3 Å². The predicted octanol–water partition coefficient (Wildman–Crippen LogP) is 0.748. The fraction of sp³-hybridized carbons (Fsp3) is 0.529. The van der Waals surface area contributed by atoms with E-state index in [2.05, 4.69) is 0 Å². The van der Waals surface area contributed by atoms with E-state index in [1.807, 2.05) is 43.1 Å². The molecule has 23 heavy (non-hydrogen) atoms. The second kappa shape index (κ2) is 8.08. The molecule has 1 aromatic rings. The second-order valence-corrected chi connectivity index (χ2v) is 5.88. The minimum atomic E-state index is -0.0292. The minimum absolute atomic E-state index is 0.0126. The highest BCUT2D eigenvalue weighted by atomic mass is 16.5. The molecule has 6 nitrogen and oxygen atoms in total. The number of piperazine rings is 1. The molecule has 0 atom stereocenters. The van der Waals surface area contributed by atoms with E-state index in [0.29, 0.717) is 32.8 Å². The van der Waals surface area contributed by atoms with E-state index in [1.54, 1.807) is 16.9 Å². The molecule has 1 aliphatic rings. The van der Waals surface area contributed by atoms with Gasteiger partial charge in [-0.15, -0.1) is 0 Å². The number of hydrogen-bond acceptors (Lipinski definition) is 4. The molecule has 0 bridgehead atoms. The first-order chi connectivity index (χ1) is 11.0. The number of hydrogen-bond donors (Lipinski definition) is 0. The number of amides is 2. The van der Waals surface area contributed by atoms with E-state index in [0.717, 1.165) is 11.3 Å². The summed E-state index contributed by atoms with van der Waals surface area (Å²) >= 11 is 0. The number of nitrogens with zero attached hydrogens (tertiary/aromatic N) is 3. The summed E-state index contributed by atoms with van der Waals surface area (Å²) in [5, 5.41) is 0. The lowest BCUT2D eigenvalue weighted by Crippen LogP contribution is -2.54. The van der Waals surface area contributed by atoms with Crippen LogP contribution in [0.25, 0.3) is 0 Å². The van der Waals surface area contributed by atoms with Crippen LogP contribution in [0.1, 0.15) is 5.56 Å². The first-order valence-electron chi connectivity index (χ1n) is 7.84. The summed E-state index contributed by atoms with van der Waals surface area (Å²) in [6, 6.07) is 7.82. The Balaban J connectivity index is 1.92. The van der Waals surface area contributed by atoms with Gasteiger partial charge in [-0.3, -0.25) is 14.5 Å².